The number of nitrogens with two attached hydrogens (primary N) is 1. The van der Waals surface area contributed by atoms with E-state index in [2.05, 4.69) is 17.6 Å². The molecular formula is C10H20CsN3O2. The number of rotatable bonds is 2. The molecule has 3 N–H and O–H groups in total. The molecule has 5 nitrogen and oxygen atoms in total. The average molecular weight is 347 g/mol. The molecular weight excluding hydrogens is 327 g/mol. The molecule has 0 aromatic carbocycles. The SMILES string of the molecule is CC1(C)NC(=O)C[N-]C1=O.CCCCN.[Cs+]. The molecule has 2 amide bonds. The van der Waals surface area contributed by atoms with Gasteiger partial charge in [-0.15, -0.1) is 0 Å². The Bertz CT molecular complexity index is 230. The minimum Gasteiger partial charge on any atom is -0.644 e. The predicted molar refractivity (Wildman–Crippen MR) is 59.4 cm³/mol. The number of carbonyl (C=O) groups is 2. The number of unbranched alkanes of at least 4 members (excludes halogenated alkanes) is 1. The molecule has 1 fully saturated rings. The third-order valence-electron chi connectivity index (χ3n) is 1.91. The van der Waals surface area contributed by atoms with E-state index in [0.29, 0.717) is 0 Å². The fraction of sp³-hybridized carbons (Fsp3) is 0.800. The summed E-state index contributed by atoms with van der Waals surface area (Å²) < 4.78 is 0. The summed E-state index contributed by atoms with van der Waals surface area (Å²) in [7, 11) is 0. The summed E-state index contributed by atoms with van der Waals surface area (Å²) in [5.41, 5.74) is 4.34. The molecule has 0 aromatic heterocycles. The van der Waals surface area contributed by atoms with E-state index in [1.807, 2.05) is 0 Å². The van der Waals surface area contributed by atoms with Crippen LogP contribution in [0.25, 0.3) is 5.32 Å². The molecule has 0 atom stereocenters. The minimum atomic E-state index is -0.796. The van der Waals surface area contributed by atoms with Crippen LogP contribution in [0.15, 0.2) is 0 Å². The summed E-state index contributed by atoms with van der Waals surface area (Å²) in [6.45, 7) is 6.22. The zero-order chi connectivity index (χ0) is 11.9. The van der Waals surface area contributed by atoms with Crippen LogP contribution in [-0.4, -0.2) is 30.4 Å². The summed E-state index contributed by atoms with van der Waals surface area (Å²) in [5.74, 6) is -0.447. The largest absolute Gasteiger partial charge is 1.00 e. The van der Waals surface area contributed by atoms with Crippen LogP contribution >= 0.6 is 0 Å². The fourth-order valence-corrected chi connectivity index (χ4v) is 0.987. The second kappa shape index (κ2) is 9.93. The van der Waals surface area contributed by atoms with Crippen molar-refractivity contribution >= 4 is 11.8 Å². The van der Waals surface area contributed by atoms with Crippen molar-refractivity contribution in [3.63, 3.8) is 0 Å². The van der Waals surface area contributed by atoms with Gasteiger partial charge >= 0.3 is 68.9 Å². The molecule has 88 valence electrons. The third-order valence-corrected chi connectivity index (χ3v) is 1.91. The maximum absolute atomic E-state index is 10.9. The second-order valence-corrected chi connectivity index (χ2v) is 3.94. The predicted octanol–water partition coefficient (Wildman–Crippen LogP) is -2.46. The van der Waals surface area contributed by atoms with E-state index in [4.69, 9.17) is 5.73 Å². The van der Waals surface area contributed by atoms with Gasteiger partial charge in [0.2, 0.25) is 5.91 Å². The van der Waals surface area contributed by atoms with Gasteiger partial charge < -0.3 is 21.2 Å². The van der Waals surface area contributed by atoms with Crippen molar-refractivity contribution in [1.82, 2.24) is 5.32 Å². The number of hydrogen-bond acceptors (Lipinski definition) is 3. The van der Waals surface area contributed by atoms with E-state index in [1.165, 1.54) is 12.8 Å². The van der Waals surface area contributed by atoms with Gasteiger partial charge in [0.25, 0.3) is 0 Å². The Labute approximate surface area is 156 Å². The molecule has 1 aliphatic rings. The number of amides is 2. The quantitative estimate of drug-likeness (QED) is 0.581. The van der Waals surface area contributed by atoms with Crippen molar-refractivity contribution in [2.75, 3.05) is 13.1 Å². The molecule has 0 aliphatic carbocycles. The van der Waals surface area contributed by atoms with Crippen LogP contribution < -0.4 is 79.9 Å². The molecule has 0 bridgehead atoms. The first kappa shape index (κ1) is 19.3. The Hall–Kier alpha value is 0.952. The van der Waals surface area contributed by atoms with Crippen molar-refractivity contribution < 1.29 is 78.5 Å². The summed E-state index contributed by atoms with van der Waals surface area (Å²) in [6, 6.07) is 0. The van der Waals surface area contributed by atoms with Crippen molar-refractivity contribution in [3.8, 4) is 0 Å². The topological polar surface area (TPSA) is 86.3 Å². The van der Waals surface area contributed by atoms with Crippen LogP contribution in [0.2, 0.25) is 0 Å². The Morgan fingerprint density at radius 1 is 1.44 bits per heavy atom. The van der Waals surface area contributed by atoms with Crippen LogP contribution in [0.4, 0.5) is 0 Å². The summed E-state index contributed by atoms with van der Waals surface area (Å²) >= 11 is 0. The standard InChI is InChI=1S/C6H10N2O2.C4H11N.Cs/c1-6(2)5(10)7-3-4(9)8-6;1-2-3-4-5;/h3H2,1-2H3,(H2,7,8,9,10);2-5H2,1H3;/q;;+1/p-1. The molecule has 6 heteroatoms. The van der Waals surface area contributed by atoms with Crippen LogP contribution in [0.5, 0.6) is 0 Å². The number of carbonyl (C=O) groups excluding carboxylic acids is 2. The van der Waals surface area contributed by atoms with E-state index in [0.717, 1.165) is 6.54 Å². The minimum absolute atomic E-state index is 0. The first-order chi connectivity index (χ1) is 6.94. The maximum Gasteiger partial charge on any atom is 1.00 e. The number of piperazine rings is 1. The Kier molecular flexibility index (Phi) is 12.0. The van der Waals surface area contributed by atoms with Gasteiger partial charge in [-0.25, -0.2) is 0 Å². The summed E-state index contributed by atoms with van der Waals surface area (Å²) in [5, 5.41) is 6.04. The maximum atomic E-state index is 10.9. The number of nitrogens with zero attached hydrogens (tertiary/aromatic N) is 1. The van der Waals surface area contributed by atoms with E-state index < -0.39 is 5.54 Å². The normalized spacial score (nSPS) is 17.2. The van der Waals surface area contributed by atoms with Crippen LogP contribution in [0.1, 0.15) is 33.6 Å². The average Bonchev–Trinajstić information content (AvgIpc) is 2.14. The molecule has 1 saturated heterocycles. The fourth-order valence-electron chi connectivity index (χ4n) is 0.987. The van der Waals surface area contributed by atoms with Crippen molar-refractivity contribution in [1.29, 1.82) is 0 Å². The van der Waals surface area contributed by atoms with Crippen molar-refractivity contribution in [3.05, 3.63) is 5.32 Å². The third kappa shape index (κ3) is 8.10. The van der Waals surface area contributed by atoms with E-state index in [9.17, 15) is 9.59 Å². The molecule has 0 unspecified atom stereocenters. The monoisotopic (exact) mass is 347 g/mol. The smallest absolute Gasteiger partial charge is 0.644 e. The van der Waals surface area contributed by atoms with Gasteiger partial charge in [-0.3, -0.25) is 4.79 Å². The van der Waals surface area contributed by atoms with Gasteiger partial charge in [0.15, 0.2) is 0 Å². The number of hydrogen-bond donors (Lipinski definition) is 2. The molecule has 0 radical (unpaired) electrons. The van der Waals surface area contributed by atoms with Crippen LogP contribution in [0.3, 0.4) is 0 Å². The van der Waals surface area contributed by atoms with Crippen molar-refractivity contribution in [2.24, 2.45) is 5.73 Å². The van der Waals surface area contributed by atoms with Gasteiger partial charge in [0.05, 0.1) is 11.4 Å². The first-order valence-electron chi connectivity index (χ1n) is 5.17. The van der Waals surface area contributed by atoms with Crippen LogP contribution in [-0.2, 0) is 9.59 Å². The molecule has 0 aromatic rings. The Morgan fingerprint density at radius 2 is 2.00 bits per heavy atom. The number of nitrogens with one attached hydrogen (secondary N) is 1. The van der Waals surface area contributed by atoms with E-state index in [-0.39, 0.29) is 87.3 Å². The molecule has 1 heterocycles. The van der Waals surface area contributed by atoms with Gasteiger partial charge in [-0.1, -0.05) is 13.3 Å². The molecule has 0 saturated carbocycles. The van der Waals surface area contributed by atoms with Gasteiger partial charge in [-0.2, -0.15) is 0 Å². The molecule has 0 spiro atoms. The van der Waals surface area contributed by atoms with Gasteiger partial charge in [-0.05, 0) is 33.4 Å². The van der Waals surface area contributed by atoms with E-state index in [1.54, 1.807) is 13.8 Å². The second-order valence-electron chi connectivity index (χ2n) is 3.94. The Morgan fingerprint density at radius 3 is 2.25 bits per heavy atom. The van der Waals surface area contributed by atoms with E-state index >= 15 is 0 Å². The summed E-state index contributed by atoms with van der Waals surface area (Å²) in [6.07, 6.45) is 2.39. The first-order valence-corrected chi connectivity index (χ1v) is 5.17. The summed E-state index contributed by atoms with van der Waals surface area (Å²) in [4.78, 5) is 21.5. The molecule has 16 heavy (non-hydrogen) atoms. The van der Waals surface area contributed by atoms with Crippen LogP contribution in [0, 0.1) is 0 Å². The van der Waals surface area contributed by atoms with Crippen molar-refractivity contribution in [2.45, 2.75) is 39.2 Å². The zero-order valence-electron chi connectivity index (χ0n) is 10.7. The van der Waals surface area contributed by atoms with Gasteiger partial charge in [0.1, 0.15) is 0 Å². The Balaban J connectivity index is 0. The molecule has 1 rings (SSSR count). The zero-order valence-corrected chi connectivity index (χ0v) is 16.9. The van der Waals surface area contributed by atoms with Gasteiger partial charge in [0, 0.05) is 0 Å². The molecule has 1 aliphatic heterocycles.